The summed E-state index contributed by atoms with van der Waals surface area (Å²) in [6.07, 6.45) is 1.74. The first-order valence-corrected chi connectivity index (χ1v) is 11.2. The molecule has 168 valence electrons. The number of hydrogen-bond acceptors (Lipinski definition) is 5. The molecule has 0 N–H and O–H groups in total. The Bertz CT molecular complexity index is 1300. The maximum atomic E-state index is 13.1. The minimum absolute atomic E-state index is 0.142. The van der Waals surface area contributed by atoms with E-state index >= 15 is 0 Å². The molecule has 0 atom stereocenters. The third-order valence-corrected chi connectivity index (χ3v) is 6.39. The summed E-state index contributed by atoms with van der Waals surface area (Å²) in [5.74, 6) is 2.18. The first-order valence-electron chi connectivity index (χ1n) is 10.5. The fourth-order valence-electron chi connectivity index (χ4n) is 4.17. The lowest BCUT2D eigenvalue weighted by Crippen LogP contribution is -2.32. The Kier molecular flexibility index (Phi) is 5.79. The molecule has 7 heteroatoms. The predicted molar refractivity (Wildman–Crippen MR) is 128 cm³/mol. The van der Waals surface area contributed by atoms with Gasteiger partial charge in [0.15, 0.2) is 5.76 Å². The van der Waals surface area contributed by atoms with Crippen molar-refractivity contribution in [2.24, 2.45) is 0 Å². The molecule has 2 heterocycles. The van der Waals surface area contributed by atoms with E-state index < -0.39 is 0 Å². The molecular formula is C26H21Cl2NO4. The van der Waals surface area contributed by atoms with Crippen LogP contribution in [0.2, 0.25) is 10.0 Å². The topological polar surface area (TPSA) is 48.0 Å². The molecule has 5 rings (SSSR count). The Morgan fingerprint density at radius 2 is 1.97 bits per heavy atom. The third kappa shape index (κ3) is 4.20. The molecule has 0 spiro atoms. The number of hydrogen-bond donors (Lipinski definition) is 0. The number of rotatable bonds is 4. The fourth-order valence-corrected chi connectivity index (χ4v) is 4.64. The molecule has 0 amide bonds. The average Bonchev–Trinajstić information content (AvgIpc) is 3.11. The number of ether oxygens (including phenoxy) is 3. The Morgan fingerprint density at radius 1 is 1.12 bits per heavy atom. The van der Waals surface area contributed by atoms with Gasteiger partial charge in [0.1, 0.15) is 24.0 Å². The number of fused-ring (bicyclic) bond motifs is 2. The van der Waals surface area contributed by atoms with Crippen LogP contribution in [0.3, 0.4) is 0 Å². The molecule has 0 bridgehead atoms. The van der Waals surface area contributed by atoms with Crippen molar-refractivity contribution in [3.63, 3.8) is 0 Å². The van der Waals surface area contributed by atoms with Crippen LogP contribution in [0.5, 0.6) is 17.2 Å². The van der Waals surface area contributed by atoms with Gasteiger partial charge in [0.25, 0.3) is 0 Å². The lowest BCUT2D eigenvalue weighted by atomic mass is 10.00. The summed E-state index contributed by atoms with van der Waals surface area (Å²) in [7, 11) is 1.61. The zero-order valence-electron chi connectivity index (χ0n) is 18.2. The summed E-state index contributed by atoms with van der Waals surface area (Å²) in [5.41, 5.74) is 4.12. The van der Waals surface area contributed by atoms with E-state index in [2.05, 4.69) is 4.90 Å². The second-order valence-electron chi connectivity index (χ2n) is 8.08. The van der Waals surface area contributed by atoms with Crippen LogP contribution in [0.25, 0.3) is 6.08 Å². The number of halogens is 2. The fraction of sp³-hybridized carbons (Fsp3) is 0.192. The van der Waals surface area contributed by atoms with E-state index in [1.165, 1.54) is 0 Å². The molecule has 5 nitrogen and oxygen atoms in total. The van der Waals surface area contributed by atoms with Gasteiger partial charge in [-0.2, -0.15) is 0 Å². The van der Waals surface area contributed by atoms with Crippen molar-refractivity contribution in [1.82, 2.24) is 4.90 Å². The summed E-state index contributed by atoms with van der Waals surface area (Å²) in [4.78, 5) is 15.3. The second kappa shape index (κ2) is 8.75. The van der Waals surface area contributed by atoms with E-state index in [4.69, 9.17) is 37.4 Å². The van der Waals surface area contributed by atoms with Crippen LogP contribution in [0.4, 0.5) is 0 Å². The van der Waals surface area contributed by atoms with Crippen molar-refractivity contribution in [2.45, 2.75) is 20.0 Å². The van der Waals surface area contributed by atoms with Crippen molar-refractivity contribution in [1.29, 1.82) is 0 Å². The Balaban J connectivity index is 1.41. The standard InChI is InChI=1S/C26H21Cl2NO4/c1-15-25-18(13-29(14-32-25)12-17-6-7-19(27)11-22(17)28)10-21-24(30)23(33-26(15)21)9-16-4-3-5-20(8-16)31-2/h3-11H,12-14H2,1-2H3/b23-9-. The number of benzene rings is 3. The first-order chi connectivity index (χ1) is 15.9. The van der Waals surface area contributed by atoms with Crippen LogP contribution in [0, 0.1) is 6.92 Å². The lowest BCUT2D eigenvalue weighted by molar-refractivity contribution is 0.0877. The Labute approximate surface area is 202 Å². The SMILES string of the molecule is COc1cccc(/C=C2\Oc3c(cc4c(c3C)OCN(Cc3ccc(Cl)cc3Cl)C4)C2=O)c1. The minimum atomic E-state index is -0.142. The summed E-state index contributed by atoms with van der Waals surface area (Å²) < 4.78 is 17.3. The molecule has 0 unspecified atom stereocenters. The summed E-state index contributed by atoms with van der Waals surface area (Å²) in [6, 6.07) is 14.8. The Morgan fingerprint density at radius 3 is 2.76 bits per heavy atom. The molecule has 33 heavy (non-hydrogen) atoms. The molecular weight excluding hydrogens is 461 g/mol. The van der Waals surface area contributed by atoms with Crippen LogP contribution in [-0.4, -0.2) is 24.5 Å². The van der Waals surface area contributed by atoms with Gasteiger partial charge in [-0.05, 0) is 54.5 Å². The van der Waals surface area contributed by atoms with E-state index in [1.807, 2.05) is 49.4 Å². The van der Waals surface area contributed by atoms with E-state index in [-0.39, 0.29) is 11.5 Å². The summed E-state index contributed by atoms with van der Waals surface area (Å²) in [5, 5.41) is 1.22. The molecule has 3 aromatic carbocycles. The highest BCUT2D eigenvalue weighted by Crippen LogP contribution is 2.43. The van der Waals surface area contributed by atoms with Gasteiger partial charge in [0.2, 0.25) is 5.78 Å². The highest BCUT2D eigenvalue weighted by atomic mass is 35.5. The number of nitrogens with zero attached hydrogens (tertiary/aromatic N) is 1. The van der Waals surface area contributed by atoms with Crippen molar-refractivity contribution < 1.29 is 19.0 Å². The maximum absolute atomic E-state index is 13.1. The lowest BCUT2D eigenvalue weighted by Gasteiger charge is -2.30. The van der Waals surface area contributed by atoms with Gasteiger partial charge in [-0.25, -0.2) is 0 Å². The van der Waals surface area contributed by atoms with Gasteiger partial charge < -0.3 is 14.2 Å². The number of Topliss-reactive ketones (excluding diaryl/α,β-unsaturated/α-hetero) is 1. The molecule has 0 radical (unpaired) electrons. The number of allylic oxidation sites excluding steroid dienone is 1. The second-order valence-corrected chi connectivity index (χ2v) is 8.92. The van der Waals surface area contributed by atoms with Gasteiger partial charge in [-0.3, -0.25) is 9.69 Å². The molecule has 2 aliphatic rings. The number of methoxy groups -OCH3 is 1. The normalized spacial score (nSPS) is 16.2. The van der Waals surface area contributed by atoms with E-state index in [0.717, 1.165) is 28.0 Å². The van der Waals surface area contributed by atoms with Crippen molar-refractivity contribution in [3.8, 4) is 17.2 Å². The molecule has 0 aliphatic carbocycles. The third-order valence-electron chi connectivity index (χ3n) is 5.80. The zero-order chi connectivity index (χ0) is 23.1. The number of carbonyl (C=O) groups is 1. The van der Waals surface area contributed by atoms with E-state index in [1.54, 1.807) is 19.3 Å². The molecule has 0 saturated carbocycles. The average molecular weight is 482 g/mol. The van der Waals surface area contributed by atoms with Crippen LogP contribution in [0.1, 0.15) is 32.6 Å². The van der Waals surface area contributed by atoms with Crippen LogP contribution in [-0.2, 0) is 13.1 Å². The van der Waals surface area contributed by atoms with E-state index in [9.17, 15) is 4.79 Å². The molecule has 0 saturated heterocycles. The van der Waals surface area contributed by atoms with Gasteiger partial charge in [-0.1, -0.05) is 41.4 Å². The highest BCUT2D eigenvalue weighted by molar-refractivity contribution is 6.35. The highest BCUT2D eigenvalue weighted by Gasteiger charge is 2.33. The van der Waals surface area contributed by atoms with Crippen LogP contribution >= 0.6 is 23.2 Å². The number of carbonyl (C=O) groups excluding carboxylic acids is 1. The van der Waals surface area contributed by atoms with Crippen LogP contribution < -0.4 is 14.2 Å². The minimum Gasteiger partial charge on any atom is -0.497 e. The molecule has 2 aliphatic heterocycles. The number of ketones is 1. The van der Waals surface area contributed by atoms with Crippen LogP contribution in [0.15, 0.2) is 54.3 Å². The quantitative estimate of drug-likeness (QED) is 0.410. The van der Waals surface area contributed by atoms with Gasteiger partial charge in [0, 0.05) is 34.3 Å². The summed E-state index contributed by atoms with van der Waals surface area (Å²) in [6.45, 7) is 3.57. The van der Waals surface area contributed by atoms with Crippen molar-refractivity contribution >= 4 is 35.1 Å². The predicted octanol–water partition coefficient (Wildman–Crippen LogP) is 6.28. The van der Waals surface area contributed by atoms with Gasteiger partial charge in [-0.15, -0.1) is 0 Å². The largest absolute Gasteiger partial charge is 0.497 e. The summed E-state index contributed by atoms with van der Waals surface area (Å²) >= 11 is 12.4. The molecule has 0 aromatic heterocycles. The molecule has 3 aromatic rings. The zero-order valence-corrected chi connectivity index (χ0v) is 19.7. The Hall–Kier alpha value is -2.99. The van der Waals surface area contributed by atoms with E-state index in [0.29, 0.717) is 46.9 Å². The van der Waals surface area contributed by atoms with Crippen molar-refractivity contribution in [2.75, 3.05) is 13.8 Å². The van der Waals surface area contributed by atoms with Crippen molar-refractivity contribution in [3.05, 3.63) is 92.2 Å². The smallest absolute Gasteiger partial charge is 0.231 e. The van der Waals surface area contributed by atoms with Gasteiger partial charge in [0.05, 0.1) is 12.7 Å². The molecule has 0 fully saturated rings. The first kappa shape index (κ1) is 21.8. The maximum Gasteiger partial charge on any atom is 0.231 e. The monoisotopic (exact) mass is 481 g/mol. The van der Waals surface area contributed by atoms with Gasteiger partial charge >= 0.3 is 0 Å².